The van der Waals surface area contributed by atoms with Gasteiger partial charge in [-0.25, -0.2) is 0 Å². The Kier molecular flexibility index (Phi) is 4.74. The summed E-state index contributed by atoms with van der Waals surface area (Å²) in [6, 6.07) is 9.20. The quantitative estimate of drug-likeness (QED) is 0.876. The minimum Gasteiger partial charge on any atom is -0.367 e. The van der Waals surface area contributed by atoms with Gasteiger partial charge in [0.2, 0.25) is 5.91 Å². The third kappa shape index (κ3) is 3.17. The van der Waals surface area contributed by atoms with Crippen molar-refractivity contribution in [2.45, 2.75) is 25.5 Å². The topological polar surface area (TPSA) is 58.6 Å². The van der Waals surface area contributed by atoms with Crippen LogP contribution >= 0.6 is 0 Å². The molecule has 0 aliphatic carbocycles. The fraction of sp³-hybridized carbons (Fsp3) is 0.467. The summed E-state index contributed by atoms with van der Waals surface area (Å²) in [6.45, 7) is 3.19. The Labute approximate surface area is 118 Å². The molecule has 1 heterocycles. The van der Waals surface area contributed by atoms with Crippen molar-refractivity contribution in [2.75, 3.05) is 20.2 Å². The molecule has 1 N–H and O–H groups in total. The van der Waals surface area contributed by atoms with E-state index in [1.165, 1.54) is 7.11 Å². The number of nitrogens with zero attached hydrogens (tertiary/aromatic N) is 1. The summed E-state index contributed by atoms with van der Waals surface area (Å²) < 4.78 is 5.28. The molecule has 0 spiro atoms. The highest BCUT2D eigenvalue weighted by Crippen LogP contribution is 2.18. The second-order valence-electron chi connectivity index (χ2n) is 4.87. The Morgan fingerprint density at radius 3 is 2.70 bits per heavy atom. The maximum atomic E-state index is 12.3. The van der Waals surface area contributed by atoms with E-state index < -0.39 is 6.10 Å². The highest BCUT2D eigenvalue weighted by molar-refractivity contribution is 5.85. The second-order valence-corrected chi connectivity index (χ2v) is 4.87. The molecule has 1 aliphatic heterocycles. The number of methoxy groups -OCH3 is 1. The van der Waals surface area contributed by atoms with Crippen LogP contribution in [-0.4, -0.2) is 43.0 Å². The summed E-state index contributed by atoms with van der Waals surface area (Å²) in [6.07, 6.45) is -0.271. The molecular formula is C15H20N2O3. The van der Waals surface area contributed by atoms with E-state index in [4.69, 9.17) is 4.74 Å². The lowest BCUT2D eigenvalue weighted by Crippen LogP contribution is -2.40. The number of hydrogen-bond acceptors (Lipinski definition) is 3. The summed E-state index contributed by atoms with van der Waals surface area (Å²) >= 11 is 0. The third-order valence-corrected chi connectivity index (χ3v) is 3.52. The number of ether oxygens (including phenoxy) is 1. The van der Waals surface area contributed by atoms with Crippen molar-refractivity contribution in [1.82, 2.24) is 10.2 Å². The first-order chi connectivity index (χ1) is 9.65. The number of likely N-dealkylation sites (tertiary alicyclic amines) is 1. The molecule has 1 aromatic carbocycles. The van der Waals surface area contributed by atoms with Gasteiger partial charge in [-0.2, -0.15) is 0 Å². The van der Waals surface area contributed by atoms with Gasteiger partial charge in [0, 0.05) is 26.6 Å². The lowest BCUT2D eigenvalue weighted by atomic mass is 10.1. The molecule has 0 radical (unpaired) electrons. The van der Waals surface area contributed by atoms with Crippen LogP contribution in [0.5, 0.6) is 0 Å². The molecule has 1 aromatic rings. The molecule has 20 heavy (non-hydrogen) atoms. The Morgan fingerprint density at radius 1 is 1.45 bits per heavy atom. The van der Waals surface area contributed by atoms with Crippen molar-refractivity contribution < 1.29 is 14.3 Å². The van der Waals surface area contributed by atoms with Gasteiger partial charge in [-0.3, -0.25) is 9.59 Å². The number of hydrogen-bond donors (Lipinski definition) is 1. The summed E-state index contributed by atoms with van der Waals surface area (Å²) in [5, 5.41) is 2.90. The lowest BCUT2D eigenvalue weighted by Gasteiger charge is -2.19. The SMILES string of the molecule is CCN1C[C@H](NC(=O)[C@H](OC)c2ccccc2)CC1=O. The first kappa shape index (κ1) is 14.5. The molecule has 2 atom stereocenters. The van der Waals surface area contributed by atoms with Crippen molar-refractivity contribution in [2.24, 2.45) is 0 Å². The van der Waals surface area contributed by atoms with Crippen LogP contribution in [0.1, 0.15) is 25.0 Å². The van der Waals surface area contributed by atoms with Gasteiger partial charge >= 0.3 is 0 Å². The smallest absolute Gasteiger partial charge is 0.254 e. The van der Waals surface area contributed by atoms with Gasteiger partial charge < -0.3 is 15.0 Å². The summed E-state index contributed by atoms with van der Waals surface area (Å²) in [7, 11) is 1.51. The van der Waals surface area contributed by atoms with Crippen LogP contribution in [0.2, 0.25) is 0 Å². The molecule has 1 saturated heterocycles. The molecule has 5 nitrogen and oxygen atoms in total. The fourth-order valence-corrected chi connectivity index (χ4v) is 2.47. The molecule has 1 aliphatic rings. The zero-order valence-electron chi connectivity index (χ0n) is 11.8. The number of likely N-dealkylation sites (N-methyl/N-ethyl adjacent to an activating group) is 1. The van der Waals surface area contributed by atoms with Crippen LogP contribution in [-0.2, 0) is 14.3 Å². The van der Waals surface area contributed by atoms with Crippen LogP contribution in [0.3, 0.4) is 0 Å². The molecule has 2 rings (SSSR count). The monoisotopic (exact) mass is 276 g/mol. The maximum absolute atomic E-state index is 12.3. The fourth-order valence-electron chi connectivity index (χ4n) is 2.47. The van der Waals surface area contributed by atoms with Crippen molar-refractivity contribution in [1.29, 1.82) is 0 Å². The van der Waals surface area contributed by atoms with E-state index in [-0.39, 0.29) is 17.9 Å². The van der Waals surface area contributed by atoms with E-state index in [1.807, 2.05) is 37.3 Å². The van der Waals surface area contributed by atoms with Crippen LogP contribution in [0.25, 0.3) is 0 Å². The number of carbonyl (C=O) groups excluding carboxylic acids is 2. The first-order valence-electron chi connectivity index (χ1n) is 6.81. The number of amides is 2. The third-order valence-electron chi connectivity index (χ3n) is 3.52. The highest BCUT2D eigenvalue weighted by atomic mass is 16.5. The molecule has 108 valence electrons. The first-order valence-corrected chi connectivity index (χ1v) is 6.81. The van der Waals surface area contributed by atoms with Gasteiger partial charge in [-0.15, -0.1) is 0 Å². The summed E-state index contributed by atoms with van der Waals surface area (Å²) in [4.78, 5) is 25.7. The maximum Gasteiger partial charge on any atom is 0.254 e. The van der Waals surface area contributed by atoms with Gasteiger partial charge in [0.1, 0.15) is 0 Å². The van der Waals surface area contributed by atoms with E-state index >= 15 is 0 Å². The molecule has 0 aromatic heterocycles. The molecule has 0 unspecified atom stereocenters. The second kappa shape index (κ2) is 6.52. The van der Waals surface area contributed by atoms with Gasteiger partial charge in [-0.1, -0.05) is 30.3 Å². The summed E-state index contributed by atoms with van der Waals surface area (Å²) in [5.41, 5.74) is 0.809. The van der Waals surface area contributed by atoms with E-state index in [2.05, 4.69) is 5.32 Å². The van der Waals surface area contributed by atoms with Crippen molar-refractivity contribution in [3.63, 3.8) is 0 Å². The molecule has 0 saturated carbocycles. The van der Waals surface area contributed by atoms with Crippen LogP contribution in [0, 0.1) is 0 Å². The van der Waals surface area contributed by atoms with Gasteiger partial charge in [-0.05, 0) is 12.5 Å². The highest BCUT2D eigenvalue weighted by Gasteiger charge is 2.31. The van der Waals surface area contributed by atoms with Gasteiger partial charge in [0.05, 0.1) is 6.04 Å². The summed E-state index contributed by atoms with van der Waals surface area (Å²) in [5.74, 6) is -0.110. The van der Waals surface area contributed by atoms with E-state index in [9.17, 15) is 9.59 Å². The van der Waals surface area contributed by atoms with Crippen LogP contribution in [0.15, 0.2) is 30.3 Å². The largest absolute Gasteiger partial charge is 0.367 e. The number of rotatable bonds is 5. The molecule has 1 fully saturated rings. The molecule has 2 amide bonds. The Hall–Kier alpha value is -1.88. The predicted octanol–water partition coefficient (Wildman–Crippen LogP) is 1.11. The van der Waals surface area contributed by atoms with Gasteiger partial charge in [0.15, 0.2) is 6.10 Å². The predicted molar refractivity (Wildman–Crippen MR) is 75.0 cm³/mol. The van der Waals surface area contributed by atoms with Crippen LogP contribution in [0.4, 0.5) is 0 Å². The number of nitrogens with one attached hydrogen (secondary N) is 1. The average molecular weight is 276 g/mol. The van der Waals surface area contributed by atoms with E-state index in [0.717, 1.165) is 5.56 Å². The lowest BCUT2D eigenvalue weighted by molar-refractivity contribution is -0.132. The Balaban J connectivity index is 1.99. The molecule has 5 heteroatoms. The van der Waals surface area contributed by atoms with E-state index in [1.54, 1.807) is 4.90 Å². The Bertz CT molecular complexity index is 475. The molecule has 0 bridgehead atoms. The standard InChI is InChI=1S/C15H20N2O3/c1-3-17-10-12(9-13(17)18)16-15(19)14(20-2)11-7-5-4-6-8-11/h4-8,12,14H,3,9-10H2,1-2H3,(H,16,19)/t12-,14-/m1/s1. The van der Waals surface area contributed by atoms with E-state index in [0.29, 0.717) is 19.5 Å². The normalized spacial score (nSPS) is 20.0. The zero-order chi connectivity index (χ0) is 14.5. The number of carbonyl (C=O) groups is 2. The number of benzene rings is 1. The van der Waals surface area contributed by atoms with Crippen molar-refractivity contribution >= 4 is 11.8 Å². The zero-order valence-corrected chi connectivity index (χ0v) is 11.8. The average Bonchev–Trinajstić information content (AvgIpc) is 2.80. The minimum absolute atomic E-state index is 0.0893. The van der Waals surface area contributed by atoms with Gasteiger partial charge in [0.25, 0.3) is 5.91 Å². The minimum atomic E-state index is -0.637. The van der Waals surface area contributed by atoms with Crippen LogP contribution < -0.4 is 5.32 Å². The molecular weight excluding hydrogens is 256 g/mol. The van der Waals surface area contributed by atoms with Crippen molar-refractivity contribution in [3.05, 3.63) is 35.9 Å². The van der Waals surface area contributed by atoms with Crippen molar-refractivity contribution in [3.8, 4) is 0 Å². The Morgan fingerprint density at radius 2 is 2.15 bits per heavy atom.